The van der Waals surface area contributed by atoms with Gasteiger partial charge in [0.1, 0.15) is 12.4 Å². The molecule has 2 aromatic carbocycles. The van der Waals surface area contributed by atoms with Crippen LogP contribution in [-0.2, 0) is 22.7 Å². The Balaban J connectivity index is 1.48. The Hall–Kier alpha value is -2.64. The van der Waals surface area contributed by atoms with Crippen molar-refractivity contribution < 1.29 is 27.4 Å². The summed E-state index contributed by atoms with van der Waals surface area (Å²) in [5, 5.41) is 0.970. The molecule has 0 amide bonds. The average molecular weight is 462 g/mol. The fourth-order valence-corrected chi connectivity index (χ4v) is 3.44. The third-order valence-corrected chi connectivity index (χ3v) is 5.22. The maximum Gasteiger partial charge on any atom is 0.389 e. The molecule has 0 radical (unpaired) electrons. The van der Waals surface area contributed by atoms with E-state index in [0.29, 0.717) is 26.4 Å². The maximum absolute atomic E-state index is 12.1. The third-order valence-electron chi connectivity index (χ3n) is 5.22. The minimum absolute atomic E-state index is 0.00157. The first kappa shape index (κ1) is 25.0. The fraction of sp³-hybridized carbons (Fsp3) is 0.423. The highest BCUT2D eigenvalue weighted by molar-refractivity contribution is 5.86. The molecule has 0 spiro atoms. The Morgan fingerprint density at radius 1 is 0.788 bits per heavy atom. The van der Waals surface area contributed by atoms with Crippen molar-refractivity contribution in [3.05, 3.63) is 71.4 Å². The number of benzene rings is 2. The quantitative estimate of drug-likeness (QED) is 0.263. The lowest BCUT2D eigenvalue weighted by Gasteiger charge is -2.16. The van der Waals surface area contributed by atoms with Gasteiger partial charge in [0.05, 0.1) is 17.8 Å². The molecule has 178 valence electrons. The molecule has 3 rings (SSSR count). The first-order chi connectivity index (χ1) is 15.9. The van der Waals surface area contributed by atoms with Gasteiger partial charge in [0.15, 0.2) is 0 Å². The Kier molecular flexibility index (Phi) is 9.51. The normalized spacial score (nSPS) is 11.8. The van der Waals surface area contributed by atoms with Crippen LogP contribution >= 0.6 is 0 Å². The van der Waals surface area contributed by atoms with E-state index >= 15 is 0 Å². The van der Waals surface area contributed by atoms with Crippen molar-refractivity contribution in [2.45, 2.75) is 52.0 Å². The summed E-state index contributed by atoms with van der Waals surface area (Å²) >= 11 is 0. The second-order valence-electron chi connectivity index (χ2n) is 7.89. The Morgan fingerprint density at radius 2 is 1.45 bits per heavy atom. The lowest BCUT2D eigenvalue weighted by atomic mass is 10.1. The van der Waals surface area contributed by atoms with Gasteiger partial charge in [0.2, 0.25) is 0 Å². The highest BCUT2D eigenvalue weighted by atomic mass is 19.4. The van der Waals surface area contributed by atoms with Crippen LogP contribution < -0.4 is 4.74 Å². The van der Waals surface area contributed by atoms with Crippen molar-refractivity contribution in [1.82, 2.24) is 4.98 Å². The largest absolute Gasteiger partial charge is 0.488 e. The predicted molar refractivity (Wildman–Crippen MR) is 122 cm³/mol. The molecule has 1 aromatic heterocycles. The van der Waals surface area contributed by atoms with Crippen molar-refractivity contribution >= 4 is 10.9 Å². The van der Waals surface area contributed by atoms with E-state index in [1.54, 1.807) is 0 Å². The number of nitrogens with zero attached hydrogens (tertiary/aromatic N) is 1. The summed E-state index contributed by atoms with van der Waals surface area (Å²) in [6.07, 6.45) is -3.41. The zero-order valence-corrected chi connectivity index (χ0v) is 18.9. The maximum atomic E-state index is 12.1. The van der Waals surface area contributed by atoms with Crippen LogP contribution in [0.15, 0.2) is 54.6 Å². The van der Waals surface area contributed by atoms with Crippen LogP contribution in [0.1, 0.15) is 42.5 Å². The molecule has 0 saturated carbocycles. The van der Waals surface area contributed by atoms with Crippen molar-refractivity contribution in [3.63, 3.8) is 0 Å². The number of halogens is 3. The third kappa shape index (κ3) is 8.33. The van der Waals surface area contributed by atoms with Crippen molar-refractivity contribution in [1.29, 1.82) is 0 Å². The highest BCUT2D eigenvalue weighted by Crippen LogP contribution is 2.31. The van der Waals surface area contributed by atoms with Crippen LogP contribution in [0.4, 0.5) is 13.2 Å². The van der Waals surface area contributed by atoms with Gasteiger partial charge in [-0.1, -0.05) is 42.5 Å². The van der Waals surface area contributed by atoms with Gasteiger partial charge in [0.25, 0.3) is 0 Å². The summed E-state index contributed by atoms with van der Waals surface area (Å²) in [6, 6.07) is 17.9. The molecule has 7 heteroatoms. The summed E-state index contributed by atoms with van der Waals surface area (Å²) < 4.78 is 53.5. The number of aromatic nitrogens is 1. The van der Waals surface area contributed by atoms with Crippen LogP contribution in [0.3, 0.4) is 0 Å². The second-order valence-corrected chi connectivity index (χ2v) is 7.89. The number of rotatable bonds is 13. The first-order valence-electron chi connectivity index (χ1n) is 11.2. The molecule has 0 saturated heterocycles. The Bertz CT molecular complexity index is 993. The molecule has 0 atom stereocenters. The van der Waals surface area contributed by atoms with Gasteiger partial charge in [-0.05, 0) is 43.9 Å². The molecule has 4 nitrogen and oxygen atoms in total. The van der Waals surface area contributed by atoms with E-state index in [4.69, 9.17) is 19.2 Å². The number of fused-ring (bicyclic) bond motifs is 1. The Labute approximate surface area is 192 Å². The summed E-state index contributed by atoms with van der Waals surface area (Å²) in [4.78, 5) is 4.76. The molecule has 0 bridgehead atoms. The molecular weight excluding hydrogens is 431 g/mol. The van der Waals surface area contributed by atoms with Crippen LogP contribution in [0.25, 0.3) is 10.9 Å². The SMILES string of the molecule is Cc1c(COCCCCOCCCC(F)(F)F)nc2ccccc2c1OCc1ccccc1. The van der Waals surface area contributed by atoms with Gasteiger partial charge in [0, 0.05) is 37.2 Å². The number of unbranched alkanes of at least 4 members (excludes halogenated alkanes) is 1. The van der Waals surface area contributed by atoms with Gasteiger partial charge in [-0.15, -0.1) is 0 Å². The molecule has 1 heterocycles. The van der Waals surface area contributed by atoms with Gasteiger partial charge >= 0.3 is 6.18 Å². The van der Waals surface area contributed by atoms with Crippen LogP contribution in [-0.4, -0.2) is 31.0 Å². The molecule has 0 unspecified atom stereocenters. The van der Waals surface area contributed by atoms with E-state index in [1.807, 2.05) is 61.5 Å². The number of ether oxygens (including phenoxy) is 3. The average Bonchev–Trinajstić information content (AvgIpc) is 2.80. The lowest BCUT2D eigenvalue weighted by Crippen LogP contribution is -2.09. The van der Waals surface area contributed by atoms with Crippen LogP contribution in [0, 0.1) is 6.92 Å². The van der Waals surface area contributed by atoms with E-state index in [0.717, 1.165) is 46.3 Å². The van der Waals surface area contributed by atoms with E-state index < -0.39 is 12.6 Å². The minimum Gasteiger partial charge on any atom is -0.488 e. The number of para-hydroxylation sites is 1. The number of hydrogen-bond donors (Lipinski definition) is 0. The molecule has 0 aliphatic carbocycles. The zero-order valence-electron chi connectivity index (χ0n) is 18.9. The summed E-state index contributed by atoms with van der Waals surface area (Å²) in [5.41, 5.74) is 3.74. The van der Waals surface area contributed by atoms with Crippen LogP contribution in [0.2, 0.25) is 0 Å². The van der Waals surface area contributed by atoms with Gasteiger partial charge in [-0.2, -0.15) is 13.2 Å². The summed E-state index contributed by atoms with van der Waals surface area (Å²) in [5.74, 6) is 0.815. The van der Waals surface area contributed by atoms with Crippen molar-refractivity contribution in [3.8, 4) is 5.75 Å². The molecule has 0 aliphatic rings. The summed E-state index contributed by atoms with van der Waals surface area (Å²) in [7, 11) is 0. The second kappa shape index (κ2) is 12.6. The van der Waals surface area contributed by atoms with E-state index in [9.17, 15) is 13.2 Å². The first-order valence-corrected chi connectivity index (χ1v) is 11.2. The monoisotopic (exact) mass is 461 g/mol. The van der Waals surface area contributed by atoms with Gasteiger partial charge in [-0.3, -0.25) is 0 Å². The molecule has 3 aromatic rings. The molecule has 0 N–H and O–H groups in total. The number of hydrogen-bond acceptors (Lipinski definition) is 4. The molecule has 0 aliphatic heterocycles. The predicted octanol–water partition coefficient (Wildman–Crippen LogP) is 6.78. The van der Waals surface area contributed by atoms with Gasteiger partial charge in [-0.25, -0.2) is 4.98 Å². The lowest BCUT2D eigenvalue weighted by molar-refractivity contribution is -0.137. The molecule has 0 fully saturated rings. The summed E-state index contributed by atoms with van der Waals surface area (Å²) in [6.45, 7) is 3.93. The number of alkyl halides is 3. The standard InChI is InChI=1S/C26H30F3NO3/c1-20-24(19-32-16-8-7-15-31-17-9-14-26(27,28)29)30-23-13-6-5-12-22(23)25(20)33-18-21-10-3-2-4-11-21/h2-6,10-13H,7-9,14-19H2,1H3. The number of pyridine rings is 1. The van der Waals surface area contributed by atoms with Crippen LogP contribution in [0.5, 0.6) is 5.75 Å². The fourth-order valence-electron chi connectivity index (χ4n) is 3.44. The molecular formula is C26H30F3NO3. The zero-order chi connectivity index (χ0) is 23.5. The Morgan fingerprint density at radius 3 is 2.21 bits per heavy atom. The van der Waals surface area contributed by atoms with E-state index in [-0.39, 0.29) is 13.0 Å². The van der Waals surface area contributed by atoms with Crippen molar-refractivity contribution in [2.75, 3.05) is 19.8 Å². The molecule has 33 heavy (non-hydrogen) atoms. The van der Waals surface area contributed by atoms with E-state index in [1.165, 1.54) is 0 Å². The van der Waals surface area contributed by atoms with Crippen molar-refractivity contribution in [2.24, 2.45) is 0 Å². The smallest absolute Gasteiger partial charge is 0.389 e. The highest BCUT2D eigenvalue weighted by Gasteiger charge is 2.25. The van der Waals surface area contributed by atoms with E-state index in [2.05, 4.69) is 0 Å². The minimum atomic E-state index is -4.11. The van der Waals surface area contributed by atoms with Gasteiger partial charge < -0.3 is 14.2 Å². The topological polar surface area (TPSA) is 40.6 Å².